The molecule has 0 saturated carbocycles. The van der Waals surface area contributed by atoms with Crippen LogP contribution in [0.3, 0.4) is 0 Å². The van der Waals surface area contributed by atoms with E-state index in [1.807, 2.05) is 44.3 Å². The fourth-order valence-electron chi connectivity index (χ4n) is 1.99. The second kappa shape index (κ2) is 7.94. The largest absolute Gasteiger partial charge is 0.376 e. The molecule has 116 valence electrons. The number of hydrogen-bond acceptors (Lipinski definition) is 3. The number of halogens is 1. The van der Waals surface area contributed by atoms with E-state index in [-0.39, 0.29) is 5.91 Å². The lowest BCUT2D eigenvalue weighted by atomic mass is 10.2. The van der Waals surface area contributed by atoms with E-state index in [1.54, 1.807) is 17.3 Å². The number of aryl methyl sites for hydroxylation is 1. The van der Waals surface area contributed by atoms with Gasteiger partial charge in [0.25, 0.3) is 0 Å². The van der Waals surface area contributed by atoms with Crippen molar-refractivity contribution in [1.29, 1.82) is 0 Å². The van der Waals surface area contributed by atoms with Crippen LogP contribution < -0.4 is 5.32 Å². The third-order valence-corrected chi connectivity index (χ3v) is 4.38. The maximum atomic E-state index is 12.1. The lowest BCUT2D eigenvalue weighted by Gasteiger charge is -2.18. The number of amides is 1. The van der Waals surface area contributed by atoms with E-state index in [9.17, 15) is 4.79 Å². The summed E-state index contributed by atoms with van der Waals surface area (Å²) in [5.41, 5.74) is 3.30. The molecular formula is C17H20BrN3O. The van der Waals surface area contributed by atoms with Gasteiger partial charge in [0.05, 0.1) is 6.54 Å². The Labute approximate surface area is 139 Å². The summed E-state index contributed by atoms with van der Waals surface area (Å²) in [4.78, 5) is 17.9. The molecule has 2 rings (SSSR count). The number of aromatic nitrogens is 1. The van der Waals surface area contributed by atoms with Crippen LogP contribution in [0.25, 0.3) is 0 Å². The van der Waals surface area contributed by atoms with Crippen molar-refractivity contribution >= 4 is 27.5 Å². The summed E-state index contributed by atoms with van der Waals surface area (Å²) in [5, 5.41) is 3.16. The summed E-state index contributed by atoms with van der Waals surface area (Å²) in [7, 11) is 1.83. The highest BCUT2D eigenvalue weighted by Gasteiger charge is 2.08. The zero-order valence-corrected chi connectivity index (χ0v) is 14.4. The summed E-state index contributed by atoms with van der Waals surface area (Å²) < 4.78 is 1.04. The molecule has 2 aromatic rings. The smallest absolute Gasteiger partial charge is 0.241 e. The van der Waals surface area contributed by atoms with Gasteiger partial charge < -0.3 is 10.2 Å². The maximum Gasteiger partial charge on any atom is 0.241 e. The highest BCUT2D eigenvalue weighted by atomic mass is 79.9. The van der Waals surface area contributed by atoms with E-state index in [4.69, 9.17) is 0 Å². The first-order valence-corrected chi connectivity index (χ1v) is 7.98. The second-order valence-corrected chi connectivity index (χ2v) is 6.09. The molecule has 22 heavy (non-hydrogen) atoms. The second-order valence-electron chi connectivity index (χ2n) is 5.24. The summed E-state index contributed by atoms with van der Waals surface area (Å²) in [6.45, 7) is 3.02. The van der Waals surface area contributed by atoms with Crippen molar-refractivity contribution in [2.75, 3.05) is 25.5 Å². The molecule has 0 saturated heterocycles. The Morgan fingerprint density at radius 1 is 1.27 bits per heavy atom. The van der Waals surface area contributed by atoms with Crippen molar-refractivity contribution < 1.29 is 4.79 Å². The molecule has 0 aliphatic rings. The van der Waals surface area contributed by atoms with Gasteiger partial charge in [0.1, 0.15) is 0 Å². The van der Waals surface area contributed by atoms with E-state index >= 15 is 0 Å². The Balaban J connectivity index is 1.79. The summed E-state index contributed by atoms with van der Waals surface area (Å²) >= 11 is 3.49. The number of anilines is 1. The van der Waals surface area contributed by atoms with Crippen molar-refractivity contribution in [3.8, 4) is 0 Å². The Morgan fingerprint density at radius 2 is 2.00 bits per heavy atom. The molecule has 0 radical (unpaired) electrons. The molecule has 1 aromatic carbocycles. The molecule has 1 aromatic heterocycles. The highest BCUT2D eigenvalue weighted by Crippen LogP contribution is 2.20. The maximum absolute atomic E-state index is 12.1. The normalized spacial score (nSPS) is 10.3. The number of benzene rings is 1. The standard InChI is InChI=1S/C17H20BrN3O/c1-13-3-4-15(11-16(13)18)20-12-17(22)21(2)10-7-14-5-8-19-9-6-14/h3-6,8-9,11,20H,7,10,12H2,1-2H3. The molecule has 0 atom stereocenters. The Bertz CT molecular complexity index is 631. The van der Waals surface area contributed by atoms with E-state index in [1.165, 1.54) is 11.1 Å². The van der Waals surface area contributed by atoms with Gasteiger partial charge in [-0.1, -0.05) is 22.0 Å². The number of hydrogen-bond donors (Lipinski definition) is 1. The average molecular weight is 362 g/mol. The quantitative estimate of drug-likeness (QED) is 0.858. The number of carbonyl (C=O) groups is 1. The van der Waals surface area contributed by atoms with Gasteiger partial charge in [-0.2, -0.15) is 0 Å². The number of nitrogens with one attached hydrogen (secondary N) is 1. The molecule has 0 aliphatic heterocycles. The first-order chi connectivity index (χ1) is 10.6. The van der Waals surface area contributed by atoms with Gasteiger partial charge in [-0.15, -0.1) is 0 Å². The molecular weight excluding hydrogens is 342 g/mol. The van der Waals surface area contributed by atoms with E-state index in [2.05, 4.69) is 26.2 Å². The van der Waals surface area contributed by atoms with Crippen LogP contribution in [0.1, 0.15) is 11.1 Å². The zero-order chi connectivity index (χ0) is 15.9. The van der Waals surface area contributed by atoms with E-state index in [0.29, 0.717) is 13.1 Å². The van der Waals surface area contributed by atoms with Crippen molar-refractivity contribution in [3.05, 3.63) is 58.3 Å². The molecule has 0 bridgehead atoms. The van der Waals surface area contributed by atoms with Crippen LogP contribution in [-0.2, 0) is 11.2 Å². The molecule has 5 heteroatoms. The predicted octanol–water partition coefficient (Wildman–Crippen LogP) is 3.27. The number of carbonyl (C=O) groups excluding carboxylic acids is 1. The molecule has 0 spiro atoms. The van der Waals surface area contributed by atoms with E-state index < -0.39 is 0 Å². The van der Waals surface area contributed by atoms with Gasteiger partial charge in [0.2, 0.25) is 5.91 Å². The van der Waals surface area contributed by atoms with Gasteiger partial charge in [-0.25, -0.2) is 0 Å². The van der Waals surface area contributed by atoms with E-state index in [0.717, 1.165) is 16.6 Å². The Hall–Kier alpha value is -1.88. The molecule has 0 unspecified atom stereocenters. The predicted molar refractivity (Wildman–Crippen MR) is 92.9 cm³/mol. The zero-order valence-electron chi connectivity index (χ0n) is 12.8. The highest BCUT2D eigenvalue weighted by molar-refractivity contribution is 9.10. The molecule has 1 N–H and O–H groups in total. The number of pyridine rings is 1. The van der Waals surface area contributed by atoms with Gasteiger partial charge >= 0.3 is 0 Å². The fraction of sp³-hybridized carbons (Fsp3) is 0.294. The minimum Gasteiger partial charge on any atom is -0.376 e. The summed E-state index contributed by atoms with van der Waals surface area (Å²) in [6.07, 6.45) is 4.38. The average Bonchev–Trinajstić information content (AvgIpc) is 2.54. The number of nitrogens with zero attached hydrogens (tertiary/aromatic N) is 2. The van der Waals surface area contributed by atoms with Gasteiger partial charge in [-0.05, 0) is 48.7 Å². The van der Waals surface area contributed by atoms with Gasteiger partial charge in [0.15, 0.2) is 0 Å². The van der Waals surface area contributed by atoms with Crippen LogP contribution in [0.4, 0.5) is 5.69 Å². The third-order valence-electron chi connectivity index (χ3n) is 3.53. The minimum atomic E-state index is 0.0748. The third kappa shape index (κ3) is 4.84. The Morgan fingerprint density at radius 3 is 2.68 bits per heavy atom. The molecule has 1 heterocycles. The summed E-state index contributed by atoms with van der Waals surface area (Å²) in [5.74, 6) is 0.0748. The lowest BCUT2D eigenvalue weighted by molar-refractivity contribution is -0.127. The molecule has 0 fully saturated rings. The fourth-order valence-corrected chi connectivity index (χ4v) is 2.37. The number of likely N-dealkylation sites (N-methyl/N-ethyl adjacent to an activating group) is 1. The first-order valence-electron chi connectivity index (χ1n) is 7.19. The Kier molecular flexibility index (Phi) is 5.95. The van der Waals surface area contributed by atoms with Crippen LogP contribution in [0.15, 0.2) is 47.2 Å². The monoisotopic (exact) mass is 361 g/mol. The van der Waals surface area contributed by atoms with Crippen LogP contribution in [0, 0.1) is 6.92 Å². The van der Waals surface area contributed by atoms with Crippen LogP contribution in [0.2, 0.25) is 0 Å². The SMILES string of the molecule is Cc1ccc(NCC(=O)N(C)CCc2ccncc2)cc1Br. The molecule has 1 amide bonds. The van der Waals surface area contributed by atoms with Crippen LogP contribution in [-0.4, -0.2) is 35.9 Å². The number of rotatable bonds is 6. The van der Waals surface area contributed by atoms with Crippen LogP contribution >= 0.6 is 15.9 Å². The lowest BCUT2D eigenvalue weighted by Crippen LogP contribution is -2.33. The van der Waals surface area contributed by atoms with Crippen molar-refractivity contribution in [1.82, 2.24) is 9.88 Å². The minimum absolute atomic E-state index is 0.0748. The van der Waals surface area contributed by atoms with Gasteiger partial charge in [0, 0.05) is 36.1 Å². The summed E-state index contributed by atoms with van der Waals surface area (Å²) in [6, 6.07) is 9.93. The molecule has 4 nitrogen and oxygen atoms in total. The first kappa shape index (κ1) is 16.5. The molecule has 0 aliphatic carbocycles. The van der Waals surface area contributed by atoms with Crippen molar-refractivity contribution in [2.45, 2.75) is 13.3 Å². The van der Waals surface area contributed by atoms with Crippen LogP contribution in [0.5, 0.6) is 0 Å². The topological polar surface area (TPSA) is 45.2 Å². The van der Waals surface area contributed by atoms with Gasteiger partial charge in [-0.3, -0.25) is 9.78 Å². The van der Waals surface area contributed by atoms with Crippen molar-refractivity contribution in [3.63, 3.8) is 0 Å². The van der Waals surface area contributed by atoms with Crippen molar-refractivity contribution in [2.24, 2.45) is 0 Å².